The molecule has 0 spiro atoms. The molecule has 1 heterocycles. The van der Waals surface area contributed by atoms with Gasteiger partial charge in [-0.3, -0.25) is 9.69 Å². The summed E-state index contributed by atoms with van der Waals surface area (Å²) in [6.07, 6.45) is 1.85. The third-order valence-electron chi connectivity index (χ3n) is 3.17. The van der Waals surface area contributed by atoms with Crippen molar-refractivity contribution in [2.24, 2.45) is 5.73 Å². The Morgan fingerprint density at radius 3 is 3.00 bits per heavy atom. The molecule has 0 aromatic carbocycles. The predicted octanol–water partition coefficient (Wildman–Crippen LogP) is 0.278. The van der Waals surface area contributed by atoms with Gasteiger partial charge in [-0.05, 0) is 13.3 Å². The zero-order chi connectivity index (χ0) is 13.5. The van der Waals surface area contributed by atoms with Gasteiger partial charge in [-0.25, -0.2) is 0 Å². The maximum absolute atomic E-state index is 11.9. The van der Waals surface area contributed by atoms with E-state index in [1.165, 1.54) is 0 Å². The maximum Gasteiger partial charge on any atom is 0.237 e. The van der Waals surface area contributed by atoms with Gasteiger partial charge in [0.15, 0.2) is 0 Å². The van der Waals surface area contributed by atoms with E-state index in [-0.39, 0.29) is 18.1 Å². The quantitative estimate of drug-likeness (QED) is 0.537. The van der Waals surface area contributed by atoms with Crippen molar-refractivity contribution >= 4 is 23.1 Å². The second-order valence-electron chi connectivity index (χ2n) is 4.58. The molecule has 18 heavy (non-hydrogen) atoms. The number of nitrogens with zero attached hydrogens (tertiary/aromatic N) is 1. The number of amides is 1. The van der Waals surface area contributed by atoms with E-state index in [1.54, 1.807) is 0 Å². The van der Waals surface area contributed by atoms with E-state index in [0.29, 0.717) is 18.1 Å². The molecule has 1 rings (SSSR count). The van der Waals surface area contributed by atoms with Gasteiger partial charge in [0.25, 0.3) is 0 Å². The van der Waals surface area contributed by atoms with E-state index in [9.17, 15) is 4.79 Å². The topological polar surface area (TPSA) is 67.6 Å². The molecule has 0 aromatic heterocycles. The fraction of sp³-hybridized carbons (Fsp3) is 0.833. The van der Waals surface area contributed by atoms with Crippen LogP contribution in [0.4, 0.5) is 0 Å². The summed E-state index contributed by atoms with van der Waals surface area (Å²) >= 11 is 4.93. The Bertz CT molecular complexity index is 299. The van der Waals surface area contributed by atoms with Crippen LogP contribution in [0.3, 0.4) is 0 Å². The number of thiocarbonyl (C=S) groups is 1. The lowest BCUT2D eigenvalue weighted by Gasteiger charge is -2.35. The number of hydrogen-bond acceptors (Lipinski definition) is 4. The van der Waals surface area contributed by atoms with Gasteiger partial charge in [-0.15, -0.1) is 0 Å². The average Bonchev–Trinajstić information content (AvgIpc) is 2.38. The molecule has 0 radical (unpaired) electrons. The lowest BCUT2D eigenvalue weighted by atomic mass is 10.2. The van der Waals surface area contributed by atoms with Gasteiger partial charge in [0, 0.05) is 19.6 Å². The van der Waals surface area contributed by atoms with Gasteiger partial charge in [0.2, 0.25) is 5.91 Å². The first kappa shape index (κ1) is 15.3. The second-order valence-corrected chi connectivity index (χ2v) is 5.05. The molecule has 1 aliphatic heterocycles. The summed E-state index contributed by atoms with van der Waals surface area (Å²) in [7, 11) is 0. The van der Waals surface area contributed by atoms with E-state index in [1.807, 2.05) is 6.92 Å². The number of carbonyl (C=O) groups is 1. The number of hydrogen-bond donors (Lipinski definition) is 2. The number of ether oxygens (including phenoxy) is 1. The van der Waals surface area contributed by atoms with Crippen LogP contribution in [0.15, 0.2) is 0 Å². The summed E-state index contributed by atoms with van der Waals surface area (Å²) in [5, 5.41) is 2.94. The van der Waals surface area contributed by atoms with Gasteiger partial charge >= 0.3 is 0 Å². The van der Waals surface area contributed by atoms with E-state index in [4.69, 9.17) is 22.7 Å². The van der Waals surface area contributed by atoms with E-state index >= 15 is 0 Å². The van der Waals surface area contributed by atoms with Crippen molar-refractivity contribution in [1.82, 2.24) is 10.2 Å². The molecule has 1 amide bonds. The Morgan fingerprint density at radius 2 is 2.39 bits per heavy atom. The number of carbonyl (C=O) groups excluding carboxylic acids is 1. The Balaban J connectivity index is 2.42. The monoisotopic (exact) mass is 273 g/mol. The number of rotatable bonds is 6. The molecule has 1 aliphatic rings. The maximum atomic E-state index is 11.9. The number of nitrogens with one attached hydrogen (secondary N) is 1. The summed E-state index contributed by atoms with van der Waals surface area (Å²) < 4.78 is 5.46. The first-order chi connectivity index (χ1) is 8.56. The molecule has 1 saturated heterocycles. The number of morpholine rings is 1. The third kappa shape index (κ3) is 4.51. The van der Waals surface area contributed by atoms with Crippen LogP contribution in [0.25, 0.3) is 0 Å². The molecular weight excluding hydrogens is 250 g/mol. The summed E-state index contributed by atoms with van der Waals surface area (Å²) in [6.45, 7) is 6.64. The molecule has 0 aromatic rings. The molecule has 2 unspecified atom stereocenters. The van der Waals surface area contributed by atoms with E-state index in [0.717, 1.165) is 25.9 Å². The van der Waals surface area contributed by atoms with Gasteiger partial charge in [0.1, 0.15) is 11.1 Å². The smallest absolute Gasteiger partial charge is 0.237 e. The highest BCUT2D eigenvalue weighted by atomic mass is 32.1. The van der Waals surface area contributed by atoms with Gasteiger partial charge in [-0.2, -0.15) is 0 Å². The van der Waals surface area contributed by atoms with Crippen molar-refractivity contribution in [3.63, 3.8) is 0 Å². The first-order valence-corrected chi connectivity index (χ1v) is 6.89. The molecule has 5 nitrogen and oxygen atoms in total. The fourth-order valence-electron chi connectivity index (χ4n) is 1.89. The summed E-state index contributed by atoms with van der Waals surface area (Å²) in [6, 6.07) is -0.164. The van der Waals surface area contributed by atoms with Gasteiger partial charge in [-0.1, -0.05) is 25.6 Å². The molecule has 0 aliphatic carbocycles. The van der Waals surface area contributed by atoms with Crippen LogP contribution in [0.1, 0.15) is 26.7 Å². The average molecular weight is 273 g/mol. The van der Waals surface area contributed by atoms with Crippen molar-refractivity contribution in [2.75, 3.05) is 26.2 Å². The van der Waals surface area contributed by atoms with Crippen molar-refractivity contribution in [1.29, 1.82) is 0 Å². The Kier molecular flexibility index (Phi) is 6.52. The molecule has 0 bridgehead atoms. The molecule has 2 atom stereocenters. The molecule has 104 valence electrons. The third-order valence-corrected chi connectivity index (χ3v) is 3.43. The standard InChI is InChI=1S/C12H23N3O2S/c1-3-4-5-14-12(16)9(2)15-6-7-17-10(8-15)11(13)18/h9-10H,3-8H2,1-2H3,(H2,13,18)(H,14,16). The zero-order valence-corrected chi connectivity index (χ0v) is 12.0. The van der Waals surface area contributed by atoms with Crippen molar-refractivity contribution in [3.05, 3.63) is 0 Å². The lowest BCUT2D eigenvalue weighted by molar-refractivity contribution is -0.128. The van der Waals surface area contributed by atoms with Crippen molar-refractivity contribution < 1.29 is 9.53 Å². The highest BCUT2D eigenvalue weighted by Gasteiger charge is 2.28. The minimum atomic E-state index is -0.236. The lowest BCUT2D eigenvalue weighted by Crippen LogP contribution is -2.54. The number of nitrogens with two attached hydrogens (primary N) is 1. The normalized spacial score (nSPS) is 22.4. The SMILES string of the molecule is CCCCNC(=O)C(C)N1CCOC(C(N)=S)C1. The minimum Gasteiger partial charge on any atom is -0.391 e. The van der Waals surface area contributed by atoms with Crippen LogP contribution in [0, 0.1) is 0 Å². The Labute approximate surface area is 114 Å². The van der Waals surface area contributed by atoms with Crippen molar-refractivity contribution in [2.45, 2.75) is 38.8 Å². The molecule has 1 fully saturated rings. The first-order valence-electron chi connectivity index (χ1n) is 6.49. The minimum absolute atomic E-state index is 0.0621. The predicted molar refractivity (Wildman–Crippen MR) is 75.5 cm³/mol. The van der Waals surface area contributed by atoms with Crippen LogP contribution in [-0.4, -0.2) is 54.2 Å². The van der Waals surface area contributed by atoms with E-state index < -0.39 is 0 Å². The Morgan fingerprint density at radius 1 is 1.67 bits per heavy atom. The Hall–Kier alpha value is -0.720. The van der Waals surface area contributed by atoms with Crippen LogP contribution in [0.5, 0.6) is 0 Å². The molecular formula is C12H23N3O2S. The zero-order valence-electron chi connectivity index (χ0n) is 11.1. The number of unbranched alkanes of at least 4 members (excludes halogenated alkanes) is 1. The highest BCUT2D eigenvalue weighted by Crippen LogP contribution is 2.09. The van der Waals surface area contributed by atoms with Crippen LogP contribution in [0.2, 0.25) is 0 Å². The highest BCUT2D eigenvalue weighted by molar-refractivity contribution is 7.80. The van der Waals surface area contributed by atoms with Gasteiger partial charge in [0.05, 0.1) is 12.6 Å². The molecule has 6 heteroatoms. The molecule has 3 N–H and O–H groups in total. The largest absolute Gasteiger partial charge is 0.391 e. The van der Waals surface area contributed by atoms with Gasteiger partial charge < -0.3 is 15.8 Å². The van der Waals surface area contributed by atoms with Crippen LogP contribution >= 0.6 is 12.2 Å². The summed E-state index contributed by atoms with van der Waals surface area (Å²) in [5.41, 5.74) is 5.58. The second kappa shape index (κ2) is 7.66. The fourth-order valence-corrected chi connectivity index (χ4v) is 2.04. The summed E-state index contributed by atoms with van der Waals surface area (Å²) in [4.78, 5) is 14.4. The molecule has 0 saturated carbocycles. The summed E-state index contributed by atoms with van der Waals surface area (Å²) in [5.74, 6) is 0.0621. The van der Waals surface area contributed by atoms with Crippen LogP contribution < -0.4 is 11.1 Å². The van der Waals surface area contributed by atoms with Crippen LogP contribution in [-0.2, 0) is 9.53 Å². The van der Waals surface area contributed by atoms with Crippen molar-refractivity contribution in [3.8, 4) is 0 Å². The van der Waals surface area contributed by atoms with E-state index in [2.05, 4.69) is 17.1 Å².